The molecule has 2 amide bonds. The van der Waals surface area contributed by atoms with Crippen molar-refractivity contribution >= 4 is 6.03 Å². The van der Waals surface area contributed by atoms with Crippen LogP contribution in [0.25, 0.3) is 0 Å². The quantitative estimate of drug-likeness (QED) is 0.737. The third-order valence-corrected chi connectivity index (χ3v) is 5.12. The van der Waals surface area contributed by atoms with Gasteiger partial charge in [-0.15, -0.1) is 0 Å². The minimum absolute atomic E-state index is 0.0462. The van der Waals surface area contributed by atoms with Gasteiger partial charge in [-0.25, -0.2) is 4.79 Å². The molecular weight excluding hydrogens is 278 g/mol. The first kappa shape index (κ1) is 17.5. The highest BCUT2D eigenvalue weighted by atomic mass is 16.3. The standard InChI is InChI=1S/C17H33N3O2/c1-15-6-11-19(12-7-15)9-3-2-8-18-17(22)20-10-4-5-16(13-20)14-21/h15-16,21H,2-14H2,1H3,(H,18,22). The summed E-state index contributed by atoms with van der Waals surface area (Å²) in [5.74, 6) is 1.16. The molecule has 0 aromatic rings. The predicted molar refractivity (Wildman–Crippen MR) is 88.9 cm³/mol. The van der Waals surface area contributed by atoms with Crippen molar-refractivity contribution < 1.29 is 9.90 Å². The summed E-state index contributed by atoms with van der Waals surface area (Å²) in [6.07, 6.45) is 6.92. The van der Waals surface area contributed by atoms with E-state index in [1.807, 2.05) is 4.90 Å². The number of unbranched alkanes of at least 4 members (excludes halogenated alkanes) is 1. The lowest BCUT2D eigenvalue weighted by molar-refractivity contribution is 0.129. The van der Waals surface area contributed by atoms with Gasteiger partial charge in [0.05, 0.1) is 0 Å². The number of rotatable bonds is 6. The number of nitrogens with one attached hydrogen (secondary N) is 1. The van der Waals surface area contributed by atoms with Crippen LogP contribution in [0.1, 0.15) is 45.4 Å². The van der Waals surface area contributed by atoms with Gasteiger partial charge >= 0.3 is 6.03 Å². The van der Waals surface area contributed by atoms with Crippen molar-refractivity contribution in [2.45, 2.75) is 45.4 Å². The molecule has 0 aromatic carbocycles. The van der Waals surface area contributed by atoms with E-state index in [-0.39, 0.29) is 18.6 Å². The van der Waals surface area contributed by atoms with Crippen molar-refractivity contribution in [3.63, 3.8) is 0 Å². The molecule has 2 fully saturated rings. The number of hydrogen-bond donors (Lipinski definition) is 2. The maximum absolute atomic E-state index is 12.1. The number of nitrogens with zero attached hydrogens (tertiary/aromatic N) is 2. The molecule has 0 aromatic heterocycles. The minimum atomic E-state index is 0.0462. The summed E-state index contributed by atoms with van der Waals surface area (Å²) < 4.78 is 0. The van der Waals surface area contributed by atoms with Crippen molar-refractivity contribution in [2.75, 3.05) is 45.9 Å². The van der Waals surface area contributed by atoms with Crippen molar-refractivity contribution in [2.24, 2.45) is 11.8 Å². The predicted octanol–water partition coefficient (Wildman–Crippen LogP) is 1.91. The van der Waals surface area contributed by atoms with Gasteiger partial charge in [0.1, 0.15) is 0 Å². The first-order valence-electron chi connectivity index (χ1n) is 9.05. The van der Waals surface area contributed by atoms with Gasteiger partial charge in [-0.05, 0) is 70.0 Å². The van der Waals surface area contributed by atoms with Gasteiger partial charge in [-0.3, -0.25) is 0 Å². The second-order valence-corrected chi connectivity index (χ2v) is 7.10. The van der Waals surface area contributed by atoms with Crippen LogP contribution in [0.5, 0.6) is 0 Å². The second kappa shape index (κ2) is 9.36. The van der Waals surface area contributed by atoms with Gasteiger partial charge in [0.15, 0.2) is 0 Å². The van der Waals surface area contributed by atoms with Gasteiger partial charge in [0, 0.05) is 26.2 Å². The van der Waals surface area contributed by atoms with Crippen LogP contribution in [-0.4, -0.2) is 66.8 Å². The number of piperidine rings is 2. The molecule has 2 rings (SSSR count). The van der Waals surface area contributed by atoms with Gasteiger partial charge in [0.25, 0.3) is 0 Å². The van der Waals surface area contributed by atoms with E-state index in [0.717, 1.165) is 44.7 Å². The zero-order chi connectivity index (χ0) is 15.8. The first-order chi connectivity index (χ1) is 10.7. The maximum atomic E-state index is 12.1. The molecule has 0 spiro atoms. The third-order valence-electron chi connectivity index (χ3n) is 5.12. The smallest absolute Gasteiger partial charge is 0.317 e. The molecule has 5 heteroatoms. The summed E-state index contributed by atoms with van der Waals surface area (Å²) in [5.41, 5.74) is 0. The fourth-order valence-electron chi connectivity index (χ4n) is 3.45. The summed E-state index contributed by atoms with van der Waals surface area (Å²) in [4.78, 5) is 16.5. The van der Waals surface area contributed by atoms with Crippen molar-refractivity contribution in [3.05, 3.63) is 0 Å². The van der Waals surface area contributed by atoms with E-state index in [4.69, 9.17) is 0 Å². The van der Waals surface area contributed by atoms with Crippen LogP contribution < -0.4 is 5.32 Å². The molecule has 0 bridgehead atoms. The van der Waals surface area contributed by atoms with Gasteiger partial charge in [-0.2, -0.15) is 0 Å². The number of amides is 2. The van der Waals surface area contributed by atoms with E-state index in [1.54, 1.807) is 0 Å². The van der Waals surface area contributed by atoms with E-state index < -0.39 is 0 Å². The highest BCUT2D eigenvalue weighted by molar-refractivity contribution is 5.74. The lowest BCUT2D eigenvalue weighted by atomic mass is 9.99. The SMILES string of the molecule is CC1CCN(CCCCNC(=O)N2CCCC(CO)C2)CC1. The summed E-state index contributed by atoms with van der Waals surface area (Å²) in [6, 6.07) is 0.0462. The number of carbonyl (C=O) groups excluding carboxylic acids is 1. The molecule has 2 N–H and O–H groups in total. The fraction of sp³-hybridized carbons (Fsp3) is 0.941. The van der Waals surface area contributed by atoms with Crippen molar-refractivity contribution in [3.8, 4) is 0 Å². The molecule has 2 aliphatic rings. The number of aliphatic hydroxyl groups is 1. The lowest BCUT2D eigenvalue weighted by Gasteiger charge is -2.32. The van der Waals surface area contributed by atoms with E-state index in [2.05, 4.69) is 17.1 Å². The Bertz CT molecular complexity index is 330. The van der Waals surface area contributed by atoms with Gasteiger partial charge in [0.2, 0.25) is 0 Å². The summed E-state index contributed by atoms with van der Waals surface area (Å²) >= 11 is 0. The molecule has 2 heterocycles. The summed E-state index contributed by atoms with van der Waals surface area (Å²) in [6.45, 7) is 8.48. The number of likely N-dealkylation sites (tertiary alicyclic amines) is 2. The Morgan fingerprint density at radius 3 is 2.68 bits per heavy atom. The maximum Gasteiger partial charge on any atom is 0.317 e. The lowest BCUT2D eigenvalue weighted by Crippen LogP contribution is -2.46. The zero-order valence-electron chi connectivity index (χ0n) is 14.1. The monoisotopic (exact) mass is 311 g/mol. The molecule has 2 saturated heterocycles. The summed E-state index contributed by atoms with van der Waals surface area (Å²) in [5, 5.41) is 12.2. The van der Waals surface area contributed by atoms with Gasteiger partial charge < -0.3 is 20.2 Å². The van der Waals surface area contributed by atoms with E-state index in [1.165, 1.54) is 32.5 Å². The molecule has 22 heavy (non-hydrogen) atoms. The molecule has 1 unspecified atom stereocenters. The Kier molecular flexibility index (Phi) is 7.46. The summed E-state index contributed by atoms with van der Waals surface area (Å²) in [7, 11) is 0. The van der Waals surface area contributed by atoms with Crippen LogP contribution in [-0.2, 0) is 0 Å². The zero-order valence-corrected chi connectivity index (χ0v) is 14.1. The number of urea groups is 1. The number of carbonyl (C=O) groups is 1. The first-order valence-corrected chi connectivity index (χ1v) is 9.05. The Hall–Kier alpha value is -0.810. The van der Waals surface area contributed by atoms with Crippen LogP contribution >= 0.6 is 0 Å². The van der Waals surface area contributed by atoms with Crippen LogP contribution in [0.2, 0.25) is 0 Å². The van der Waals surface area contributed by atoms with E-state index in [0.29, 0.717) is 6.54 Å². The molecule has 0 radical (unpaired) electrons. The van der Waals surface area contributed by atoms with E-state index in [9.17, 15) is 9.90 Å². The van der Waals surface area contributed by atoms with Gasteiger partial charge in [-0.1, -0.05) is 6.92 Å². The van der Waals surface area contributed by atoms with Crippen molar-refractivity contribution in [1.29, 1.82) is 0 Å². The Balaban J connectivity index is 1.52. The third kappa shape index (κ3) is 5.76. The Morgan fingerprint density at radius 1 is 1.18 bits per heavy atom. The normalized spacial score (nSPS) is 24.5. The van der Waals surface area contributed by atoms with Crippen LogP contribution in [0.3, 0.4) is 0 Å². The van der Waals surface area contributed by atoms with Crippen LogP contribution in [0, 0.1) is 11.8 Å². The number of hydrogen-bond acceptors (Lipinski definition) is 3. The van der Waals surface area contributed by atoms with E-state index >= 15 is 0 Å². The molecule has 0 aliphatic carbocycles. The molecule has 128 valence electrons. The van der Waals surface area contributed by atoms with Crippen molar-refractivity contribution in [1.82, 2.24) is 15.1 Å². The minimum Gasteiger partial charge on any atom is -0.396 e. The Labute approximate surface area is 135 Å². The molecule has 0 saturated carbocycles. The topological polar surface area (TPSA) is 55.8 Å². The highest BCUT2D eigenvalue weighted by Crippen LogP contribution is 2.16. The average molecular weight is 311 g/mol. The molecule has 5 nitrogen and oxygen atoms in total. The number of aliphatic hydroxyl groups excluding tert-OH is 1. The highest BCUT2D eigenvalue weighted by Gasteiger charge is 2.22. The molecule has 2 aliphatic heterocycles. The average Bonchev–Trinajstić information content (AvgIpc) is 2.56. The molecule has 1 atom stereocenters. The largest absolute Gasteiger partial charge is 0.396 e. The second-order valence-electron chi connectivity index (χ2n) is 7.10. The Morgan fingerprint density at radius 2 is 1.95 bits per heavy atom. The fourth-order valence-corrected chi connectivity index (χ4v) is 3.45. The van der Waals surface area contributed by atoms with Crippen LogP contribution in [0.15, 0.2) is 0 Å². The molecular formula is C17H33N3O2. The van der Waals surface area contributed by atoms with Crippen LogP contribution in [0.4, 0.5) is 4.79 Å².